The van der Waals surface area contributed by atoms with E-state index in [1.165, 1.54) is 10.4 Å². The van der Waals surface area contributed by atoms with E-state index in [-0.39, 0.29) is 18.0 Å². The van der Waals surface area contributed by atoms with Gasteiger partial charge in [-0.25, -0.2) is 9.97 Å². The minimum Gasteiger partial charge on any atom is -0.383 e. The number of thiophene rings is 1. The molecule has 1 aliphatic rings. The summed E-state index contributed by atoms with van der Waals surface area (Å²) in [5.41, 5.74) is 8.15. The maximum atomic E-state index is 12.4. The molecule has 6 nitrogen and oxygen atoms in total. The van der Waals surface area contributed by atoms with E-state index in [1.54, 1.807) is 11.3 Å². The molecule has 2 aromatic heterocycles. The van der Waals surface area contributed by atoms with E-state index >= 15 is 0 Å². The quantitative estimate of drug-likeness (QED) is 0.684. The predicted molar refractivity (Wildman–Crippen MR) is 118 cm³/mol. The molecule has 1 unspecified atom stereocenters. The highest BCUT2D eigenvalue weighted by atomic mass is 32.1. The standard InChI is InChI=1S/C22H27N5OS/c1-13-15(3)29-22-18(13)19(23)25-20(26-22)14(2)27-11-9-17(10-12-27)24-21(28)16-7-5-4-6-8-16/h4-8,14,17H,9-12H2,1-3H3,(H,24,28)(H2,23,25,26). The Morgan fingerprint density at radius 3 is 2.59 bits per heavy atom. The van der Waals surface area contributed by atoms with Crippen molar-refractivity contribution in [3.05, 3.63) is 52.2 Å². The number of piperidine rings is 1. The van der Waals surface area contributed by atoms with Crippen LogP contribution in [0.4, 0.5) is 5.82 Å². The van der Waals surface area contributed by atoms with Gasteiger partial charge in [-0.1, -0.05) is 18.2 Å². The number of nitrogens with two attached hydrogens (primary N) is 1. The lowest BCUT2D eigenvalue weighted by molar-refractivity contribution is 0.0893. The number of hydrogen-bond acceptors (Lipinski definition) is 6. The first-order chi connectivity index (χ1) is 13.9. The van der Waals surface area contributed by atoms with Crippen molar-refractivity contribution in [2.45, 2.75) is 45.7 Å². The zero-order chi connectivity index (χ0) is 20.5. The van der Waals surface area contributed by atoms with E-state index in [2.05, 4.69) is 36.0 Å². The SMILES string of the molecule is Cc1sc2nc(C(C)N3CCC(NC(=O)c4ccccc4)CC3)nc(N)c2c1C. The highest BCUT2D eigenvalue weighted by Crippen LogP contribution is 2.33. The topological polar surface area (TPSA) is 84.1 Å². The van der Waals surface area contributed by atoms with E-state index in [0.29, 0.717) is 11.4 Å². The van der Waals surface area contributed by atoms with Crippen LogP contribution in [0.25, 0.3) is 10.2 Å². The van der Waals surface area contributed by atoms with E-state index in [4.69, 9.17) is 10.7 Å². The first-order valence-corrected chi connectivity index (χ1v) is 10.9. The van der Waals surface area contributed by atoms with Crippen LogP contribution in [0.3, 0.4) is 0 Å². The molecule has 0 bridgehead atoms. The van der Waals surface area contributed by atoms with Crippen LogP contribution < -0.4 is 11.1 Å². The van der Waals surface area contributed by atoms with E-state index in [1.807, 2.05) is 30.3 Å². The molecule has 152 valence electrons. The summed E-state index contributed by atoms with van der Waals surface area (Å²) in [6.45, 7) is 8.09. The molecule has 1 aliphatic heterocycles. The number of nitrogens with one attached hydrogen (secondary N) is 1. The number of anilines is 1. The first kappa shape index (κ1) is 19.8. The summed E-state index contributed by atoms with van der Waals surface area (Å²) in [4.78, 5) is 26.4. The van der Waals surface area contributed by atoms with Gasteiger partial charge in [-0.2, -0.15) is 0 Å². The number of likely N-dealkylation sites (tertiary alicyclic amines) is 1. The molecule has 4 rings (SSSR count). The third-order valence-electron chi connectivity index (χ3n) is 5.90. The number of nitrogens with zero attached hydrogens (tertiary/aromatic N) is 3. The van der Waals surface area contributed by atoms with Gasteiger partial charge in [0.05, 0.1) is 11.4 Å². The monoisotopic (exact) mass is 409 g/mol. The number of benzene rings is 1. The second-order valence-electron chi connectivity index (χ2n) is 7.76. The Hall–Kier alpha value is -2.51. The Morgan fingerprint density at radius 1 is 1.21 bits per heavy atom. The molecule has 3 aromatic rings. The van der Waals surface area contributed by atoms with Gasteiger partial charge in [-0.3, -0.25) is 9.69 Å². The second-order valence-corrected chi connectivity index (χ2v) is 8.96. The number of fused-ring (bicyclic) bond motifs is 1. The van der Waals surface area contributed by atoms with Crippen molar-refractivity contribution in [1.82, 2.24) is 20.2 Å². The van der Waals surface area contributed by atoms with Gasteiger partial charge in [0.25, 0.3) is 5.91 Å². The van der Waals surface area contributed by atoms with Crippen molar-refractivity contribution in [2.75, 3.05) is 18.8 Å². The fourth-order valence-corrected chi connectivity index (χ4v) is 4.98. The minimum atomic E-state index is 0.00194. The van der Waals surface area contributed by atoms with Crippen LogP contribution in [-0.4, -0.2) is 39.9 Å². The van der Waals surface area contributed by atoms with Gasteiger partial charge < -0.3 is 11.1 Å². The van der Waals surface area contributed by atoms with Crippen LogP contribution >= 0.6 is 11.3 Å². The van der Waals surface area contributed by atoms with Crippen molar-refractivity contribution in [1.29, 1.82) is 0 Å². The van der Waals surface area contributed by atoms with Crippen LogP contribution in [0, 0.1) is 13.8 Å². The maximum absolute atomic E-state index is 12.4. The lowest BCUT2D eigenvalue weighted by atomic mass is 10.0. The largest absolute Gasteiger partial charge is 0.383 e. The second kappa shape index (κ2) is 8.08. The van der Waals surface area contributed by atoms with Gasteiger partial charge in [0.1, 0.15) is 16.5 Å². The van der Waals surface area contributed by atoms with Crippen LogP contribution in [-0.2, 0) is 0 Å². The highest BCUT2D eigenvalue weighted by Gasteiger charge is 2.27. The van der Waals surface area contributed by atoms with Crippen LogP contribution in [0.15, 0.2) is 30.3 Å². The van der Waals surface area contributed by atoms with Gasteiger partial charge in [0, 0.05) is 29.6 Å². The average Bonchev–Trinajstić information content (AvgIpc) is 3.02. The molecular formula is C22H27N5OS. The maximum Gasteiger partial charge on any atom is 0.251 e. The van der Waals surface area contributed by atoms with E-state index < -0.39 is 0 Å². The first-order valence-electron chi connectivity index (χ1n) is 10.1. The number of aryl methyl sites for hydroxylation is 2. The normalized spacial score (nSPS) is 16.8. The lowest BCUT2D eigenvalue weighted by Crippen LogP contribution is -2.45. The molecule has 29 heavy (non-hydrogen) atoms. The smallest absolute Gasteiger partial charge is 0.251 e. The Labute approximate surface area is 175 Å². The molecule has 0 radical (unpaired) electrons. The molecule has 1 atom stereocenters. The average molecular weight is 410 g/mol. The third kappa shape index (κ3) is 3.97. The number of hydrogen-bond donors (Lipinski definition) is 2. The van der Waals surface area contributed by atoms with E-state index in [0.717, 1.165) is 42.0 Å². The van der Waals surface area contributed by atoms with Crippen LogP contribution in [0.2, 0.25) is 0 Å². The van der Waals surface area contributed by atoms with Crippen LogP contribution in [0.1, 0.15) is 52.4 Å². The number of carbonyl (C=O) groups is 1. The van der Waals surface area contributed by atoms with Crippen molar-refractivity contribution >= 4 is 33.3 Å². The van der Waals surface area contributed by atoms with Gasteiger partial charge in [0.2, 0.25) is 0 Å². The van der Waals surface area contributed by atoms with Crippen LogP contribution in [0.5, 0.6) is 0 Å². The van der Waals surface area contributed by atoms with E-state index in [9.17, 15) is 4.79 Å². The Bertz CT molecular complexity index is 1020. The summed E-state index contributed by atoms with van der Waals surface area (Å²) < 4.78 is 0. The van der Waals surface area contributed by atoms with Crippen molar-refractivity contribution in [3.8, 4) is 0 Å². The van der Waals surface area contributed by atoms with Gasteiger partial charge in [-0.05, 0) is 51.3 Å². The zero-order valence-electron chi connectivity index (χ0n) is 17.1. The molecule has 3 N–H and O–H groups in total. The van der Waals surface area contributed by atoms with Crippen molar-refractivity contribution < 1.29 is 4.79 Å². The van der Waals surface area contributed by atoms with Gasteiger partial charge in [-0.15, -0.1) is 11.3 Å². The summed E-state index contributed by atoms with van der Waals surface area (Å²) in [7, 11) is 0. The molecule has 1 saturated heterocycles. The number of nitrogen functional groups attached to an aromatic ring is 1. The number of amides is 1. The lowest BCUT2D eigenvalue weighted by Gasteiger charge is -2.35. The molecule has 3 heterocycles. The summed E-state index contributed by atoms with van der Waals surface area (Å²) in [5, 5.41) is 4.15. The molecule has 0 spiro atoms. The number of rotatable bonds is 4. The number of aromatic nitrogens is 2. The molecule has 0 aliphatic carbocycles. The fourth-order valence-electron chi connectivity index (χ4n) is 3.94. The zero-order valence-corrected chi connectivity index (χ0v) is 17.9. The summed E-state index contributed by atoms with van der Waals surface area (Å²) in [5.74, 6) is 1.36. The Morgan fingerprint density at radius 2 is 1.90 bits per heavy atom. The summed E-state index contributed by atoms with van der Waals surface area (Å²) >= 11 is 1.68. The molecule has 1 fully saturated rings. The van der Waals surface area contributed by atoms with Crippen molar-refractivity contribution in [3.63, 3.8) is 0 Å². The molecule has 0 saturated carbocycles. The predicted octanol–water partition coefficient (Wildman–Crippen LogP) is 3.85. The minimum absolute atomic E-state index is 0.00194. The Balaban J connectivity index is 1.41. The summed E-state index contributed by atoms with van der Waals surface area (Å²) in [6.07, 6.45) is 1.83. The third-order valence-corrected chi connectivity index (χ3v) is 7.00. The highest BCUT2D eigenvalue weighted by molar-refractivity contribution is 7.18. The molecule has 7 heteroatoms. The Kier molecular flexibility index (Phi) is 5.52. The van der Waals surface area contributed by atoms with Gasteiger partial charge in [0.15, 0.2) is 0 Å². The summed E-state index contributed by atoms with van der Waals surface area (Å²) in [6, 6.07) is 9.67. The fraction of sp³-hybridized carbons (Fsp3) is 0.409. The van der Waals surface area contributed by atoms with Gasteiger partial charge >= 0.3 is 0 Å². The molecular weight excluding hydrogens is 382 g/mol. The molecule has 1 amide bonds. The number of carbonyl (C=O) groups excluding carboxylic acids is 1. The molecule has 1 aromatic carbocycles. The van der Waals surface area contributed by atoms with Crippen molar-refractivity contribution in [2.24, 2.45) is 0 Å².